The molecule has 1 unspecified atom stereocenters. The van der Waals surface area contributed by atoms with Crippen LogP contribution in [0, 0.1) is 0 Å². The van der Waals surface area contributed by atoms with Crippen LogP contribution in [-0.4, -0.2) is 50.5 Å². The van der Waals surface area contributed by atoms with E-state index in [1.165, 1.54) is 31.4 Å². The Morgan fingerprint density at radius 2 is 2.17 bits per heavy atom. The van der Waals surface area contributed by atoms with Crippen molar-refractivity contribution >= 4 is 5.91 Å². The maximum Gasteiger partial charge on any atom is 0.251 e. The third-order valence-corrected chi connectivity index (χ3v) is 3.88. The van der Waals surface area contributed by atoms with E-state index in [2.05, 4.69) is 10.6 Å². The average molecular weight is 322 g/mol. The highest BCUT2D eigenvalue weighted by Gasteiger charge is 2.14. The molecule has 1 aromatic carbocycles. The highest BCUT2D eigenvalue weighted by molar-refractivity contribution is 5.95. The van der Waals surface area contributed by atoms with Gasteiger partial charge >= 0.3 is 0 Å². The van der Waals surface area contributed by atoms with Crippen molar-refractivity contribution in [1.29, 1.82) is 0 Å². The molecule has 6 heteroatoms. The summed E-state index contributed by atoms with van der Waals surface area (Å²) in [6.45, 7) is 2.41. The van der Waals surface area contributed by atoms with Crippen molar-refractivity contribution < 1.29 is 19.4 Å². The molecule has 6 nitrogen and oxygen atoms in total. The zero-order valence-corrected chi connectivity index (χ0v) is 13.6. The molecule has 1 atom stereocenters. The number of hydrogen-bond donors (Lipinski definition) is 3. The second-order valence-electron chi connectivity index (χ2n) is 5.77. The Labute approximate surface area is 137 Å². The lowest BCUT2D eigenvalue weighted by atomic mass is 10.1. The van der Waals surface area contributed by atoms with E-state index >= 15 is 0 Å². The summed E-state index contributed by atoms with van der Waals surface area (Å²) in [7, 11) is 1.59. The fraction of sp³-hybridized carbons (Fsp3) is 0.588. The van der Waals surface area contributed by atoms with Crippen LogP contribution in [0.25, 0.3) is 0 Å². The van der Waals surface area contributed by atoms with Crippen LogP contribution >= 0.6 is 0 Å². The molecule has 1 aliphatic rings. The number of benzene rings is 1. The molecule has 0 bridgehead atoms. The molecule has 1 saturated heterocycles. The molecule has 1 aromatic rings. The number of ether oxygens (including phenoxy) is 2. The SMILES string of the molecule is COCCOc1cc(O)cc(C(=O)NCC2CCCCCN2)c1. The quantitative estimate of drug-likeness (QED) is 0.666. The summed E-state index contributed by atoms with van der Waals surface area (Å²) in [5.41, 5.74) is 0.394. The smallest absolute Gasteiger partial charge is 0.251 e. The van der Waals surface area contributed by atoms with Gasteiger partial charge in [-0.2, -0.15) is 0 Å². The van der Waals surface area contributed by atoms with E-state index < -0.39 is 0 Å². The Bertz CT molecular complexity index is 499. The van der Waals surface area contributed by atoms with Crippen molar-refractivity contribution in [3.63, 3.8) is 0 Å². The molecule has 0 saturated carbocycles. The molecule has 0 spiro atoms. The van der Waals surface area contributed by atoms with Crippen LogP contribution in [0.15, 0.2) is 18.2 Å². The van der Waals surface area contributed by atoms with Crippen molar-refractivity contribution in [2.75, 3.05) is 33.4 Å². The lowest BCUT2D eigenvalue weighted by molar-refractivity contribution is 0.0948. The maximum absolute atomic E-state index is 12.3. The molecule has 0 aliphatic carbocycles. The van der Waals surface area contributed by atoms with Gasteiger partial charge in [0.05, 0.1) is 6.61 Å². The van der Waals surface area contributed by atoms with Gasteiger partial charge in [0.25, 0.3) is 5.91 Å². The number of amides is 1. The largest absolute Gasteiger partial charge is 0.508 e. The Hall–Kier alpha value is -1.79. The van der Waals surface area contributed by atoms with E-state index in [1.54, 1.807) is 13.2 Å². The number of rotatable bonds is 7. The van der Waals surface area contributed by atoms with Gasteiger partial charge in [-0.15, -0.1) is 0 Å². The Morgan fingerprint density at radius 1 is 1.30 bits per heavy atom. The molecule has 1 fully saturated rings. The molecule has 0 aromatic heterocycles. The summed E-state index contributed by atoms with van der Waals surface area (Å²) in [5.74, 6) is 0.265. The fourth-order valence-corrected chi connectivity index (χ4v) is 2.63. The summed E-state index contributed by atoms with van der Waals surface area (Å²) >= 11 is 0. The molecule has 23 heavy (non-hydrogen) atoms. The van der Waals surface area contributed by atoms with Crippen LogP contribution in [0.5, 0.6) is 11.5 Å². The van der Waals surface area contributed by atoms with Gasteiger partial charge in [0.1, 0.15) is 18.1 Å². The van der Waals surface area contributed by atoms with Gasteiger partial charge in [-0.3, -0.25) is 4.79 Å². The minimum atomic E-state index is -0.205. The van der Waals surface area contributed by atoms with Crippen molar-refractivity contribution in [3.8, 4) is 11.5 Å². The van der Waals surface area contributed by atoms with Crippen molar-refractivity contribution in [2.45, 2.75) is 31.7 Å². The standard InChI is InChI=1S/C17H26N2O4/c1-22-7-8-23-16-10-13(9-15(20)11-16)17(21)19-12-14-5-3-2-4-6-18-14/h9-11,14,18,20H,2-8,12H2,1H3,(H,19,21). The first-order valence-electron chi connectivity index (χ1n) is 8.16. The Kier molecular flexibility index (Phi) is 7.16. The number of phenols is 1. The summed E-state index contributed by atoms with van der Waals surface area (Å²) in [4.78, 5) is 12.3. The molecule has 1 heterocycles. The number of phenolic OH excluding ortho intramolecular Hbond substituents is 1. The van der Waals surface area contributed by atoms with E-state index in [9.17, 15) is 9.90 Å². The second-order valence-corrected chi connectivity index (χ2v) is 5.77. The molecule has 128 valence electrons. The molecular weight excluding hydrogens is 296 g/mol. The number of carbonyl (C=O) groups excluding carboxylic acids is 1. The third-order valence-electron chi connectivity index (χ3n) is 3.88. The van der Waals surface area contributed by atoms with E-state index in [1.807, 2.05) is 0 Å². The van der Waals surface area contributed by atoms with Gasteiger partial charge in [-0.05, 0) is 31.5 Å². The van der Waals surface area contributed by atoms with Crippen LogP contribution in [0.1, 0.15) is 36.0 Å². The fourth-order valence-electron chi connectivity index (χ4n) is 2.63. The minimum Gasteiger partial charge on any atom is -0.508 e. The van der Waals surface area contributed by atoms with E-state index in [4.69, 9.17) is 9.47 Å². The van der Waals surface area contributed by atoms with E-state index in [0.29, 0.717) is 37.1 Å². The van der Waals surface area contributed by atoms with Gasteiger partial charge < -0.3 is 25.2 Å². The molecule has 2 rings (SSSR count). The van der Waals surface area contributed by atoms with Gasteiger partial charge in [0.15, 0.2) is 0 Å². The molecular formula is C17H26N2O4. The maximum atomic E-state index is 12.3. The summed E-state index contributed by atoms with van der Waals surface area (Å²) in [5, 5.41) is 16.1. The van der Waals surface area contributed by atoms with Gasteiger partial charge in [0.2, 0.25) is 0 Å². The van der Waals surface area contributed by atoms with Crippen molar-refractivity contribution in [1.82, 2.24) is 10.6 Å². The molecule has 1 amide bonds. The second kappa shape index (κ2) is 9.37. The molecule has 1 aliphatic heterocycles. The number of carbonyl (C=O) groups is 1. The topological polar surface area (TPSA) is 79.8 Å². The number of hydrogen-bond acceptors (Lipinski definition) is 5. The number of nitrogens with one attached hydrogen (secondary N) is 2. The lowest BCUT2D eigenvalue weighted by Crippen LogP contribution is -2.40. The summed E-state index contributed by atoms with van der Waals surface area (Å²) < 4.78 is 10.4. The van der Waals surface area contributed by atoms with Crippen LogP contribution in [-0.2, 0) is 4.74 Å². The predicted molar refractivity (Wildman–Crippen MR) is 88.1 cm³/mol. The lowest BCUT2D eigenvalue weighted by Gasteiger charge is -2.16. The summed E-state index contributed by atoms with van der Waals surface area (Å²) in [6.07, 6.45) is 4.70. The van der Waals surface area contributed by atoms with Gasteiger partial charge in [0, 0.05) is 31.3 Å². The number of aromatic hydroxyl groups is 1. The summed E-state index contributed by atoms with van der Waals surface area (Å²) in [6, 6.07) is 4.88. The average Bonchev–Trinajstić information content (AvgIpc) is 2.81. The van der Waals surface area contributed by atoms with Gasteiger partial charge in [-0.1, -0.05) is 12.8 Å². The highest BCUT2D eigenvalue weighted by atomic mass is 16.5. The predicted octanol–water partition coefficient (Wildman–Crippen LogP) is 1.68. The molecule has 3 N–H and O–H groups in total. The van der Waals surface area contributed by atoms with E-state index in [0.717, 1.165) is 13.0 Å². The van der Waals surface area contributed by atoms with Crippen molar-refractivity contribution in [3.05, 3.63) is 23.8 Å². The first-order chi connectivity index (χ1) is 11.2. The Morgan fingerprint density at radius 3 is 3.00 bits per heavy atom. The van der Waals surface area contributed by atoms with Crippen LogP contribution in [0.2, 0.25) is 0 Å². The van der Waals surface area contributed by atoms with Crippen molar-refractivity contribution in [2.24, 2.45) is 0 Å². The van der Waals surface area contributed by atoms with Crippen LogP contribution in [0.4, 0.5) is 0 Å². The zero-order valence-electron chi connectivity index (χ0n) is 13.6. The zero-order chi connectivity index (χ0) is 16.5. The van der Waals surface area contributed by atoms with Gasteiger partial charge in [-0.25, -0.2) is 0 Å². The third kappa shape index (κ3) is 6.08. The minimum absolute atomic E-state index is 0.0117. The normalized spacial score (nSPS) is 18.2. The first-order valence-corrected chi connectivity index (χ1v) is 8.16. The van der Waals surface area contributed by atoms with Crippen LogP contribution in [0.3, 0.4) is 0 Å². The van der Waals surface area contributed by atoms with E-state index in [-0.39, 0.29) is 11.7 Å². The number of methoxy groups -OCH3 is 1. The first kappa shape index (κ1) is 17.6. The Balaban J connectivity index is 1.89. The monoisotopic (exact) mass is 322 g/mol. The van der Waals surface area contributed by atoms with Crippen LogP contribution < -0.4 is 15.4 Å². The highest BCUT2D eigenvalue weighted by Crippen LogP contribution is 2.22. The molecule has 0 radical (unpaired) electrons.